The number of aromatic nitrogens is 2. The number of carbonyl (C=O) groups excluding carboxylic acids is 1. The van der Waals surface area contributed by atoms with E-state index in [4.69, 9.17) is 4.74 Å². The number of esters is 1. The zero-order valence-electron chi connectivity index (χ0n) is 17.3. The summed E-state index contributed by atoms with van der Waals surface area (Å²) in [5.41, 5.74) is 0.583. The molecule has 1 N–H and O–H groups in total. The lowest BCUT2D eigenvalue weighted by Gasteiger charge is -2.11. The van der Waals surface area contributed by atoms with Crippen LogP contribution in [0, 0.1) is 18.6 Å². The summed E-state index contributed by atoms with van der Waals surface area (Å²) in [6.07, 6.45) is 0. The van der Waals surface area contributed by atoms with Gasteiger partial charge in [0.05, 0.1) is 23.4 Å². The highest BCUT2D eigenvalue weighted by Gasteiger charge is 2.22. The van der Waals surface area contributed by atoms with Gasteiger partial charge in [0.15, 0.2) is 0 Å². The number of benzene rings is 2. The molecule has 2 heterocycles. The largest absolute Gasteiger partial charge is 0.462 e. The van der Waals surface area contributed by atoms with Crippen LogP contribution in [0.25, 0.3) is 10.2 Å². The van der Waals surface area contributed by atoms with E-state index >= 15 is 0 Å². The second-order valence-corrected chi connectivity index (χ2v) is 8.84. The van der Waals surface area contributed by atoms with Crippen LogP contribution in [0.2, 0.25) is 0 Å². The van der Waals surface area contributed by atoms with E-state index in [2.05, 4.69) is 15.3 Å². The maximum Gasteiger partial charge on any atom is 0.348 e. The van der Waals surface area contributed by atoms with Gasteiger partial charge in [0.1, 0.15) is 33.0 Å². The Balaban J connectivity index is 1.78. The fourth-order valence-corrected chi connectivity index (χ4v) is 4.98. The lowest BCUT2D eigenvalue weighted by atomic mass is 10.2. The highest BCUT2D eigenvalue weighted by molar-refractivity contribution is 7.98. The van der Waals surface area contributed by atoms with Crippen molar-refractivity contribution in [3.63, 3.8) is 0 Å². The van der Waals surface area contributed by atoms with Crippen molar-refractivity contribution in [2.75, 3.05) is 11.9 Å². The van der Waals surface area contributed by atoms with Crippen LogP contribution in [0.5, 0.6) is 0 Å². The van der Waals surface area contributed by atoms with Gasteiger partial charge in [-0.3, -0.25) is 0 Å². The Morgan fingerprint density at radius 2 is 1.94 bits per heavy atom. The molecule has 164 valence electrons. The zero-order chi connectivity index (χ0) is 22.7. The quantitative estimate of drug-likeness (QED) is 0.245. The van der Waals surface area contributed by atoms with Gasteiger partial charge in [-0.05, 0) is 43.7 Å². The lowest BCUT2D eigenvalue weighted by Crippen LogP contribution is -2.04. The number of nitrogens with one attached hydrogen (secondary N) is 1. The van der Waals surface area contributed by atoms with Gasteiger partial charge in [-0.1, -0.05) is 18.2 Å². The van der Waals surface area contributed by atoms with Crippen molar-refractivity contribution in [2.45, 2.75) is 24.5 Å². The van der Waals surface area contributed by atoms with Crippen LogP contribution in [0.1, 0.15) is 28.0 Å². The molecule has 0 bridgehead atoms. The number of halogens is 2. The number of aryl methyl sites for hydroxylation is 1. The molecule has 0 fully saturated rings. The Bertz CT molecular complexity index is 1280. The Labute approximate surface area is 191 Å². The molecule has 0 unspecified atom stereocenters. The van der Waals surface area contributed by atoms with Gasteiger partial charge in [0, 0.05) is 11.0 Å². The molecule has 0 atom stereocenters. The molecule has 0 aliphatic heterocycles. The molecule has 5 nitrogen and oxygen atoms in total. The van der Waals surface area contributed by atoms with E-state index in [-0.39, 0.29) is 12.3 Å². The maximum absolute atomic E-state index is 14.3. The number of thioether (sulfide) groups is 1. The average Bonchev–Trinajstić information content (AvgIpc) is 3.12. The average molecular weight is 472 g/mol. The van der Waals surface area contributed by atoms with Crippen molar-refractivity contribution in [3.8, 4) is 0 Å². The first-order valence-corrected chi connectivity index (χ1v) is 11.6. The van der Waals surface area contributed by atoms with E-state index in [0.29, 0.717) is 38.1 Å². The predicted octanol–water partition coefficient (Wildman–Crippen LogP) is 6.49. The summed E-state index contributed by atoms with van der Waals surface area (Å²) in [4.78, 5) is 23.7. The van der Waals surface area contributed by atoms with Gasteiger partial charge in [-0.2, -0.15) is 0 Å². The third-order valence-electron chi connectivity index (χ3n) is 4.59. The minimum atomic E-state index is -0.614. The van der Waals surface area contributed by atoms with E-state index in [1.165, 1.54) is 11.3 Å². The molecule has 2 aromatic heterocycles. The molecule has 0 amide bonds. The first-order valence-electron chi connectivity index (χ1n) is 9.83. The molecule has 4 rings (SSSR count). The molecule has 0 aliphatic rings. The van der Waals surface area contributed by atoms with Crippen LogP contribution >= 0.6 is 23.1 Å². The topological polar surface area (TPSA) is 64.1 Å². The zero-order valence-corrected chi connectivity index (χ0v) is 18.9. The Kier molecular flexibility index (Phi) is 6.66. The summed E-state index contributed by atoms with van der Waals surface area (Å²) < 4.78 is 33.2. The van der Waals surface area contributed by atoms with E-state index in [9.17, 15) is 13.6 Å². The molecule has 9 heteroatoms. The first kappa shape index (κ1) is 22.2. The van der Waals surface area contributed by atoms with Crippen molar-refractivity contribution >= 4 is 50.8 Å². The summed E-state index contributed by atoms with van der Waals surface area (Å²) in [7, 11) is 0. The second kappa shape index (κ2) is 9.62. The maximum atomic E-state index is 14.3. The van der Waals surface area contributed by atoms with Crippen LogP contribution in [0.15, 0.2) is 53.4 Å². The van der Waals surface area contributed by atoms with Gasteiger partial charge >= 0.3 is 5.97 Å². The molecular formula is C23H19F2N3O2S2. The highest BCUT2D eigenvalue weighted by Crippen LogP contribution is 2.36. The summed E-state index contributed by atoms with van der Waals surface area (Å²) in [6, 6.07) is 13.0. The van der Waals surface area contributed by atoms with Crippen molar-refractivity contribution in [2.24, 2.45) is 0 Å². The van der Waals surface area contributed by atoms with Crippen molar-refractivity contribution in [3.05, 3.63) is 76.4 Å². The van der Waals surface area contributed by atoms with Gasteiger partial charge in [-0.25, -0.2) is 23.5 Å². The minimum absolute atomic E-state index is 0.0463. The van der Waals surface area contributed by atoms with Gasteiger partial charge in [-0.15, -0.1) is 23.1 Å². The number of anilines is 2. The molecule has 2 aromatic carbocycles. The monoisotopic (exact) mass is 471 g/mol. The van der Waals surface area contributed by atoms with E-state index in [0.717, 1.165) is 23.1 Å². The molecule has 4 aromatic rings. The Morgan fingerprint density at radius 1 is 1.16 bits per heavy atom. The van der Waals surface area contributed by atoms with Gasteiger partial charge in [0.2, 0.25) is 0 Å². The molecular weight excluding hydrogens is 452 g/mol. The van der Waals surface area contributed by atoms with Crippen molar-refractivity contribution in [1.82, 2.24) is 9.97 Å². The highest BCUT2D eigenvalue weighted by atomic mass is 32.2. The van der Waals surface area contributed by atoms with Crippen molar-refractivity contribution in [1.29, 1.82) is 0 Å². The summed E-state index contributed by atoms with van der Waals surface area (Å²) in [5.74, 6) is -0.359. The summed E-state index contributed by atoms with van der Waals surface area (Å²) in [6.45, 7) is 3.75. The number of ether oxygens (including phenoxy) is 1. The number of hydrogen-bond acceptors (Lipinski definition) is 7. The standard InChI is InChI=1S/C23H19F2N3O2S2/c1-3-30-23(29)20-13(2)19-21(26-17-11-14(24)9-10-16(17)25)27-18(28-22(19)32-20)12-31-15-7-5-4-6-8-15/h4-11H,3,12H2,1-2H3,(H,26,27,28). The van der Waals surface area contributed by atoms with Gasteiger partial charge in [0.25, 0.3) is 0 Å². The molecule has 0 aliphatic carbocycles. The number of fused-ring (bicyclic) bond motifs is 1. The fourth-order valence-electron chi connectivity index (χ4n) is 3.11. The second-order valence-electron chi connectivity index (χ2n) is 6.80. The van der Waals surface area contributed by atoms with E-state index < -0.39 is 17.6 Å². The minimum Gasteiger partial charge on any atom is -0.462 e. The van der Waals surface area contributed by atoms with Crippen LogP contribution in [-0.2, 0) is 10.5 Å². The van der Waals surface area contributed by atoms with Crippen LogP contribution < -0.4 is 5.32 Å². The number of carbonyl (C=O) groups is 1. The van der Waals surface area contributed by atoms with Crippen LogP contribution in [0.4, 0.5) is 20.3 Å². The molecule has 0 spiro atoms. The molecule has 0 saturated heterocycles. The SMILES string of the molecule is CCOC(=O)c1sc2nc(CSc3ccccc3)nc(Nc3cc(F)ccc3F)c2c1C. The smallest absolute Gasteiger partial charge is 0.348 e. The third-order valence-corrected chi connectivity index (χ3v) is 6.76. The third kappa shape index (κ3) is 4.73. The van der Waals surface area contributed by atoms with Crippen LogP contribution in [-0.4, -0.2) is 22.5 Å². The number of nitrogens with zero attached hydrogens (tertiary/aromatic N) is 2. The van der Waals surface area contributed by atoms with Gasteiger partial charge < -0.3 is 10.1 Å². The van der Waals surface area contributed by atoms with E-state index in [1.807, 2.05) is 30.3 Å². The van der Waals surface area contributed by atoms with E-state index in [1.54, 1.807) is 25.6 Å². The Morgan fingerprint density at radius 3 is 2.69 bits per heavy atom. The fraction of sp³-hybridized carbons (Fsp3) is 0.174. The number of rotatable bonds is 7. The molecule has 0 saturated carbocycles. The van der Waals surface area contributed by atoms with Crippen molar-refractivity contribution < 1.29 is 18.3 Å². The predicted molar refractivity (Wildman–Crippen MR) is 124 cm³/mol. The normalized spacial score (nSPS) is 11.0. The Hall–Kier alpha value is -3.04. The molecule has 32 heavy (non-hydrogen) atoms. The summed E-state index contributed by atoms with van der Waals surface area (Å²) >= 11 is 2.75. The van der Waals surface area contributed by atoms with Crippen LogP contribution in [0.3, 0.4) is 0 Å². The number of hydrogen-bond donors (Lipinski definition) is 1. The summed E-state index contributed by atoms with van der Waals surface area (Å²) in [5, 5.41) is 3.48. The number of thiophene rings is 1. The lowest BCUT2D eigenvalue weighted by molar-refractivity contribution is 0.0531. The molecule has 0 radical (unpaired) electrons. The first-order chi connectivity index (χ1) is 15.5.